The Kier molecular flexibility index (Phi) is 5.42. The molecule has 0 aromatic rings. The monoisotopic (exact) mass is 174 g/mol. The van der Waals surface area contributed by atoms with Crippen LogP contribution in [0.25, 0.3) is 0 Å². The van der Waals surface area contributed by atoms with E-state index in [2.05, 4.69) is 19.2 Å². The predicted molar refractivity (Wildman–Crippen MR) is 53.7 cm³/mol. The molecule has 0 amide bonds. The standard InChI is InChI=1S/C8H18N2S/c1-4-7(3)10-5-6(2)8(9)11/h6-7,10H,4-5H2,1-3H3,(H2,9,11). The zero-order valence-corrected chi connectivity index (χ0v) is 8.37. The molecule has 2 atom stereocenters. The lowest BCUT2D eigenvalue weighted by molar-refractivity contribution is 0.507. The molecule has 0 heterocycles. The van der Waals surface area contributed by atoms with E-state index in [0.29, 0.717) is 16.9 Å². The van der Waals surface area contributed by atoms with Crippen LogP contribution in [0.1, 0.15) is 27.2 Å². The van der Waals surface area contributed by atoms with E-state index < -0.39 is 0 Å². The number of nitrogens with one attached hydrogen (secondary N) is 1. The van der Waals surface area contributed by atoms with Gasteiger partial charge >= 0.3 is 0 Å². The van der Waals surface area contributed by atoms with Crippen LogP contribution in [0.2, 0.25) is 0 Å². The minimum Gasteiger partial charge on any atom is -0.393 e. The molecule has 0 aliphatic rings. The van der Waals surface area contributed by atoms with Gasteiger partial charge in [-0.15, -0.1) is 0 Å². The minimum absolute atomic E-state index is 0.305. The fourth-order valence-electron chi connectivity index (χ4n) is 0.623. The molecule has 11 heavy (non-hydrogen) atoms. The maximum atomic E-state index is 5.46. The number of nitrogens with two attached hydrogens (primary N) is 1. The Bertz CT molecular complexity index is 125. The van der Waals surface area contributed by atoms with Crippen molar-refractivity contribution in [1.82, 2.24) is 5.32 Å². The van der Waals surface area contributed by atoms with Gasteiger partial charge in [-0.3, -0.25) is 0 Å². The van der Waals surface area contributed by atoms with Gasteiger partial charge in [0.05, 0.1) is 4.99 Å². The molecule has 0 aliphatic carbocycles. The summed E-state index contributed by atoms with van der Waals surface area (Å²) >= 11 is 4.84. The molecule has 2 unspecified atom stereocenters. The summed E-state index contributed by atoms with van der Waals surface area (Å²) in [6.45, 7) is 7.25. The third-order valence-electron chi connectivity index (χ3n) is 1.87. The van der Waals surface area contributed by atoms with Gasteiger partial charge in [-0.1, -0.05) is 26.1 Å². The molecule has 3 heteroatoms. The van der Waals surface area contributed by atoms with E-state index >= 15 is 0 Å². The van der Waals surface area contributed by atoms with Crippen molar-refractivity contribution in [3.63, 3.8) is 0 Å². The Morgan fingerprint density at radius 3 is 2.45 bits per heavy atom. The molecule has 0 aromatic carbocycles. The van der Waals surface area contributed by atoms with Gasteiger partial charge in [0.1, 0.15) is 0 Å². The number of hydrogen-bond acceptors (Lipinski definition) is 2. The summed E-state index contributed by atoms with van der Waals surface area (Å²) in [7, 11) is 0. The fraction of sp³-hybridized carbons (Fsp3) is 0.875. The van der Waals surface area contributed by atoms with E-state index in [1.165, 1.54) is 0 Å². The molecule has 0 aliphatic heterocycles. The van der Waals surface area contributed by atoms with E-state index in [1.807, 2.05) is 6.92 Å². The molecule has 2 nitrogen and oxygen atoms in total. The van der Waals surface area contributed by atoms with Gasteiger partial charge in [-0.05, 0) is 13.3 Å². The molecule has 0 bridgehead atoms. The normalized spacial score (nSPS) is 15.9. The summed E-state index contributed by atoms with van der Waals surface area (Å²) in [5.41, 5.74) is 5.46. The molecule has 0 rings (SSSR count). The second kappa shape index (κ2) is 5.49. The van der Waals surface area contributed by atoms with E-state index in [-0.39, 0.29) is 0 Å². The van der Waals surface area contributed by atoms with Gasteiger partial charge < -0.3 is 11.1 Å². The molecular weight excluding hydrogens is 156 g/mol. The summed E-state index contributed by atoms with van der Waals surface area (Å²) in [5, 5.41) is 3.35. The van der Waals surface area contributed by atoms with Gasteiger partial charge in [0.15, 0.2) is 0 Å². The molecule has 0 radical (unpaired) electrons. The highest BCUT2D eigenvalue weighted by Crippen LogP contribution is 1.94. The Hall–Kier alpha value is -0.150. The van der Waals surface area contributed by atoms with Crippen molar-refractivity contribution < 1.29 is 0 Å². The highest BCUT2D eigenvalue weighted by molar-refractivity contribution is 7.80. The number of hydrogen-bond donors (Lipinski definition) is 2. The van der Waals surface area contributed by atoms with Crippen molar-refractivity contribution in [3.8, 4) is 0 Å². The van der Waals surface area contributed by atoms with Crippen LogP contribution in [0, 0.1) is 5.92 Å². The summed E-state index contributed by atoms with van der Waals surface area (Å²) in [6.07, 6.45) is 1.14. The second-order valence-corrected chi connectivity index (χ2v) is 3.49. The van der Waals surface area contributed by atoms with Gasteiger partial charge in [0.2, 0.25) is 0 Å². The lowest BCUT2D eigenvalue weighted by atomic mass is 10.1. The van der Waals surface area contributed by atoms with Crippen molar-refractivity contribution in [3.05, 3.63) is 0 Å². The Morgan fingerprint density at radius 2 is 2.09 bits per heavy atom. The third kappa shape index (κ3) is 5.16. The minimum atomic E-state index is 0.305. The summed E-state index contributed by atoms with van der Waals surface area (Å²) in [4.78, 5) is 0.598. The fourth-order valence-corrected chi connectivity index (χ4v) is 0.706. The van der Waals surface area contributed by atoms with Crippen molar-refractivity contribution in [1.29, 1.82) is 0 Å². The maximum Gasteiger partial charge on any atom is 0.0768 e. The summed E-state index contributed by atoms with van der Waals surface area (Å²) in [5.74, 6) is 0.305. The first-order valence-corrected chi connectivity index (χ1v) is 4.51. The SMILES string of the molecule is CCC(C)NCC(C)C(N)=S. The third-order valence-corrected chi connectivity index (χ3v) is 2.27. The van der Waals surface area contributed by atoms with Crippen LogP contribution in [0.4, 0.5) is 0 Å². The number of thiocarbonyl (C=S) groups is 1. The summed E-state index contributed by atoms with van der Waals surface area (Å²) in [6, 6.07) is 0.562. The Morgan fingerprint density at radius 1 is 1.55 bits per heavy atom. The average molecular weight is 174 g/mol. The van der Waals surface area contributed by atoms with Gasteiger partial charge in [-0.2, -0.15) is 0 Å². The lowest BCUT2D eigenvalue weighted by Crippen LogP contribution is -2.34. The van der Waals surface area contributed by atoms with Crippen LogP contribution in [0.15, 0.2) is 0 Å². The van der Waals surface area contributed by atoms with Gasteiger partial charge in [0.25, 0.3) is 0 Å². The zero-order valence-electron chi connectivity index (χ0n) is 7.55. The quantitative estimate of drug-likeness (QED) is 0.617. The van der Waals surface area contributed by atoms with Crippen molar-refractivity contribution >= 4 is 17.2 Å². The van der Waals surface area contributed by atoms with E-state index in [0.717, 1.165) is 13.0 Å². The first kappa shape index (κ1) is 10.8. The van der Waals surface area contributed by atoms with E-state index in [1.54, 1.807) is 0 Å². The smallest absolute Gasteiger partial charge is 0.0768 e. The van der Waals surface area contributed by atoms with Crippen LogP contribution in [-0.2, 0) is 0 Å². The molecule has 0 fully saturated rings. The molecule has 0 aromatic heterocycles. The van der Waals surface area contributed by atoms with Crippen LogP contribution in [0.3, 0.4) is 0 Å². The van der Waals surface area contributed by atoms with Gasteiger partial charge in [0, 0.05) is 18.5 Å². The zero-order chi connectivity index (χ0) is 8.85. The average Bonchev–Trinajstić information content (AvgIpc) is 1.99. The number of rotatable bonds is 5. The molecule has 66 valence electrons. The predicted octanol–water partition coefficient (Wildman–Crippen LogP) is 1.30. The second-order valence-electron chi connectivity index (χ2n) is 3.02. The van der Waals surface area contributed by atoms with Crippen molar-refractivity contribution in [2.24, 2.45) is 11.7 Å². The topological polar surface area (TPSA) is 38.0 Å². The molecular formula is C8H18N2S. The van der Waals surface area contributed by atoms with Crippen molar-refractivity contribution in [2.75, 3.05) is 6.54 Å². The van der Waals surface area contributed by atoms with Crippen molar-refractivity contribution in [2.45, 2.75) is 33.2 Å². The van der Waals surface area contributed by atoms with Crippen LogP contribution in [-0.4, -0.2) is 17.6 Å². The van der Waals surface area contributed by atoms with Crippen LogP contribution >= 0.6 is 12.2 Å². The summed E-state index contributed by atoms with van der Waals surface area (Å²) < 4.78 is 0. The largest absolute Gasteiger partial charge is 0.393 e. The Balaban J connectivity index is 3.45. The van der Waals surface area contributed by atoms with Gasteiger partial charge in [-0.25, -0.2) is 0 Å². The lowest BCUT2D eigenvalue weighted by Gasteiger charge is -2.14. The molecule has 0 spiro atoms. The van der Waals surface area contributed by atoms with E-state index in [9.17, 15) is 0 Å². The van der Waals surface area contributed by atoms with Crippen LogP contribution in [0.5, 0.6) is 0 Å². The highest BCUT2D eigenvalue weighted by Gasteiger charge is 2.05. The highest BCUT2D eigenvalue weighted by atomic mass is 32.1. The van der Waals surface area contributed by atoms with Crippen LogP contribution < -0.4 is 11.1 Å². The molecule has 0 saturated carbocycles. The first-order chi connectivity index (χ1) is 5.07. The maximum absolute atomic E-state index is 5.46. The molecule has 3 N–H and O–H groups in total. The van der Waals surface area contributed by atoms with E-state index in [4.69, 9.17) is 18.0 Å². The Labute approximate surface area is 74.5 Å². The first-order valence-electron chi connectivity index (χ1n) is 4.10. The molecule has 0 saturated heterocycles.